The van der Waals surface area contributed by atoms with Crippen molar-refractivity contribution in [2.75, 3.05) is 0 Å². The van der Waals surface area contributed by atoms with Crippen LogP contribution in [-0.2, 0) is 6.18 Å². The lowest BCUT2D eigenvalue weighted by molar-refractivity contribution is -0.156. The normalized spacial score (nSPS) is 12.8. The van der Waals surface area contributed by atoms with Crippen LogP contribution in [0.3, 0.4) is 0 Å². The highest BCUT2D eigenvalue weighted by molar-refractivity contribution is 5.74. The molecule has 1 aromatic carbocycles. The minimum absolute atomic E-state index is 0.0204. The fourth-order valence-electron chi connectivity index (χ4n) is 1.64. The lowest BCUT2D eigenvalue weighted by atomic mass is 10.1. The van der Waals surface area contributed by atoms with Crippen LogP contribution in [0.1, 0.15) is 25.4 Å². The molecule has 106 valence electrons. The Morgan fingerprint density at radius 1 is 1.20 bits per heavy atom. The maximum Gasteiger partial charge on any atom is 0.468 e. The molecule has 0 saturated carbocycles. The topological polar surface area (TPSA) is 26.0 Å². The fraction of sp³-hybridized carbons (Fsp3) is 0.214. The molecule has 0 atom stereocenters. The maximum absolute atomic E-state index is 12.9. The summed E-state index contributed by atoms with van der Waals surface area (Å²) < 4.78 is 55.8. The highest BCUT2D eigenvalue weighted by atomic mass is 19.4. The van der Waals surface area contributed by atoms with Crippen LogP contribution in [0.25, 0.3) is 16.9 Å². The Kier molecular flexibility index (Phi) is 3.65. The van der Waals surface area contributed by atoms with E-state index in [-0.39, 0.29) is 11.5 Å². The van der Waals surface area contributed by atoms with Gasteiger partial charge in [0, 0.05) is 5.56 Å². The third-order valence-corrected chi connectivity index (χ3v) is 2.78. The number of rotatable bonds is 2. The van der Waals surface area contributed by atoms with E-state index in [2.05, 4.69) is 4.98 Å². The highest BCUT2D eigenvalue weighted by Gasteiger charge is 2.38. The second-order valence-electron chi connectivity index (χ2n) is 4.17. The Hall–Kier alpha value is -2.11. The molecule has 1 heterocycles. The Bertz CT molecular complexity index is 638. The Morgan fingerprint density at radius 3 is 2.30 bits per heavy atom. The van der Waals surface area contributed by atoms with Gasteiger partial charge in [0.2, 0.25) is 0 Å². The average Bonchev–Trinajstić information content (AvgIpc) is 2.83. The zero-order valence-corrected chi connectivity index (χ0v) is 10.8. The minimum atomic E-state index is -4.67. The molecule has 0 N–H and O–H groups in total. The van der Waals surface area contributed by atoms with Gasteiger partial charge in [0.25, 0.3) is 0 Å². The maximum atomic E-state index is 12.9. The zero-order chi connectivity index (χ0) is 14.9. The Labute approximate surface area is 112 Å². The standard InChI is InChI=1S/C14H11F4NO/c1-3-8(2)11-12(9-4-6-10(15)7-5-9)20-13(19-11)14(16,17)18/h3-7H,1-2H3. The van der Waals surface area contributed by atoms with Gasteiger partial charge >= 0.3 is 12.1 Å². The summed E-state index contributed by atoms with van der Waals surface area (Å²) in [7, 11) is 0. The number of aromatic nitrogens is 1. The lowest BCUT2D eigenvalue weighted by Gasteiger charge is -2.01. The van der Waals surface area contributed by atoms with E-state index in [1.54, 1.807) is 19.9 Å². The van der Waals surface area contributed by atoms with Gasteiger partial charge in [0.05, 0.1) is 0 Å². The van der Waals surface area contributed by atoms with Crippen molar-refractivity contribution in [3.63, 3.8) is 0 Å². The van der Waals surface area contributed by atoms with Crippen molar-refractivity contribution in [2.24, 2.45) is 0 Å². The second-order valence-corrected chi connectivity index (χ2v) is 4.17. The summed E-state index contributed by atoms with van der Waals surface area (Å²) >= 11 is 0. The number of hydrogen-bond acceptors (Lipinski definition) is 2. The number of alkyl halides is 3. The summed E-state index contributed by atoms with van der Waals surface area (Å²) in [6, 6.07) is 5.00. The first-order chi connectivity index (χ1) is 9.32. The molecule has 0 aliphatic heterocycles. The van der Waals surface area contributed by atoms with E-state index in [1.807, 2.05) is 0 Å². The zero-order valence-electron chi connectivity index (χ0n) is 10.8. The molecule has 0 aliphatic carbocycles. The van der Waals surface area contributed by atoms with Crippen molar-refractivity contribution < 1.29 is 22.0 Å². The minimum Gasteiger partial charge on any atom is -0.432 e. The van der Waals surface area contributed by atoms with Crippen LogP contribution in [0.4, 0.5) is 17.6 Å². The largest absolute Gasteiger partial charge is 0.468 e. The van der Waals surface area contributed by atoms with E-state index in [0.29, 0.717) is 11.1 Å². The van der Waals surface area contributed by atoms with Gasteiger partial charge in [0.1, 0.15) is 11.5 Å². The molecule has 1 aromatic heterocycles. The first-order valence-electron chi connectivity index (χ1n) is 5.80. The van der Waals surface area contributed by atoms with Crippen LogP contribution in [0, 0.1) is 5.82 Å². The van der Waals surface area contributed by atoms with E-state index < -0.39 is 17.9 Å². The molecule has 20 heavy (non-hydrogen) atoms. The van der Waals surface area contributed by atoms with Gasteiger partial charge in [-0.15, -0.1) is 0 Å². The summed E-state index contributed by atoms with van der Waals surface area (Å²) in [5.74, 6) is -1.81. The number of nitrogens with zero attached hydrogens (tertiary/aromatic N) is 1. The number of allylic oxidation sites excluding steroid dienone is 2. The molecule has 0 bridgehead atoms. The van der Waals surface area contributed by atoms with Crippen LogP contribution in [0.2, 0.25) is 0 Å². The third-order valence-electron chi connectivity index (χ3n) is 2.78. The summed E-state index contributed by atoms with van der Waals surface area (Å²) in [5, 5.41) is 0. The molecular formula is C14H11F4NO. The summed E-state index contributed by atoms with van der Waals surface area (Å²) in [5.41, 5.74) is 0.987. The SMILES string of the molecule is CC=C(C)c1nc(C(F)(F)F)oc1-c1ccc(F)cc1. The molecule has 0 amide bonds. The molecule has 2 nitrogen and oxygen atoms in total. The predicted octanol–water partition coefficient (Wildman–Crippen LogP) is 4.92. The number of halogens is 4. The van der Waals surface area contributed by atoms with Gasteiger partial charge < -0.3 is 4.42 Å². The predicted molar refractivity (Wildman–Crippen MR) is 66.2 cm³/mol. The van der Waals surface area contributed by atoms with Crippen molar-refractivity contribution in [3.05, 3.63) is 47.7 Å². The van der Waals surface area contributed by atoms with Gasteiger partial charge in [-0.3, -0.25) is 0 Å². The number of hydrogen-bond donors (Lipinski definition) is 0. The van der Waals surface area contributed by atoms with Crippen LogP contribution in [0.15, 0.2) is 34.8 Å². The van der Waals surface area contributed by atoms with Gasteiger partial charge in [-0.1, -0.05) is 6.08 Å². The third kappa shape index (κ3) is 2.74. The van der Waals surface area contributed by atoms with Crippen molar-refractivity contribution in [1.29, 1.82) is 0 Å². The van der Waals surface area contributed by atoms with Crippen molar-refractivity contribution >= 4 is 5.57 Å². The molecule has 0 aliphatic rings. The van der Waals surface area contributed by atoms with Crippen molar-refractivity contribution in [3.8, 4) is 11.3 Å². The quantitative estimate of drug-likeness (QED) is 0.732. The fourth-order valence-corrected chi connectivity index (χ4v) is 1.64. The first-order valence-corrected chi connectivity index (χ1v) is 5.80. The van der Waals surface area contributed by atoms with Gasteiger partial charge in [-0.25, -0.2) is 9.37 Å². The molecule has 0 spiro atoms. The summed E-state index contributed by atoms with van der Waals surface area (Å²) in [4.78, 5) is 3.50. The molecule has 2 rings (SSSR count). The average molecular weight is 285 g/mol. The van der Waals surface area contributed by atoms with Gasteiger partial charge in [-0.05, 0) is 43.7 Å². The highest BCUT2D eigenvalue weighted by Crippen LogP contribution is 2.36. The molecular weight excluding hydrogens is 274 g/mol. The van der Waals surface area contributed by atoms with E-state index in [1.165, 1.54) is 12.1 Å². The first kappa shape index (κ1) is 14.3. The van der Waals surface area contributed by atoms with E-state index in [9.17, 15) is 17.6 Å². The molecule has 0 unspecified atom stereocenters. The lowest BCUT2D eigenvalue weighted by Crippen LogP contribution is -2.05. The summed E-state index contributed by atoms with van der Waals surface area (Å²) in [6.07, 6.45) is -3.04. The molecule has 6 heteroatoms. The molecule has 0 fully saturated rings. The second kappa shape index (κ2) is 5.11. The molecule has 2 aromatic rings. The van der Waals surface area contributed by atoms with Crippen LogP contribution in [-0.4, -0.2) is 4.98 Å². The van der Waals surface area contributed by atoms with Crippen LogP contribution >= 0.6 is 0 Å². The number of oxazole rings is 1. The molecule has 0 saturated heterocycles. The van der Waals surface area contributed by atoms with Gasteiger partial charge in [-0.2, -0.15) is 13.2 Å². The summed E-state index contributed by atoms with van der Waals surface area (Å²) in [6.45, 7) is 3.32. The van der Waals surface area contributed by atoms with Crippen LogP contribution < -0.4 is 0 Å². The Balaban J connectivity index is 2.61. The number of benzene rings is 1. The van der Waals surface area contributed by atoms with Crippen molar-refractivity contribution in [2.45, 2.75) is 20.0 Å². The smallest absolute Gasteiger partial charge is 0.432 e. The van der Waals surface area contributed by atoms with E-state index in [4.69, 9.17) is 4.42 Å². The van der Waals surface area contributed by atoms with E-state index >= 15 is 0 Å². The Morgan fingerprint density at radius 2 is 1.80 bits per heavy atom. The van der Waals surface area contributed by atoms with Crippen molar-refractivity contribution in [1.82, 2.24) is 4.98 Å². The van der Waals surface area contributed by atoms with Crippen LogP contribution in [0.5, 0.6) is 0 Å². The monoisotopic (exact) mass is 285 g/mol. The molecule has 0 radical (unpaired) electrons. The van der Waals surface area contributed by atoms with E-state index in [0.717, 1.165) is 12.1 Å². The van der Waals surface area contributed by atoms with Gasteiger partial charge in [0.15, 0.2) is 5.76 Å².